The minimum atomic E-state index is -0.134. The normalized spacial score (nSPS) is 21.4. The van der Waals surface area contributed by atoms with E-state index in [2.05, 4.69) is 0 Å². The number of carbonyl (C=O) groups is 2. The molecular formula is C16H20N2O2. The molecule has 20 heavy (non-hydrogen) atoms. The van der Waals surface area contributed by atoms with Crippen LogP contribution >= 0.6 is 0 Å². The second-order valence-electron chi connectivity index (χ2n) is 5.58. The zero-order valence-corrected chi connectivity index (χ0v) is 11.6. The predicted octanol–water partition coefficient (Wildman–Crippen LogP) is 3.18. The third kappa shape index (κ3) is 2.42. The van der Waals surface area contributed by atoms with E-state index in [1.807, 2.05) is 30.3 Å². The topological polar surface area (TPSA) is 40.6 Å². The van der Waals surface area contributed by atoms with Crippen LogP contribution in [0, 0.1) is 0 Å². The maximum atomic E-state index is 12.8. The lowest BCUT2D eigenvalue weighted by molar-refractivity contribution is -0.129. The van der Waals surface area contributed by atoms with Crippen molar-refractivity contribution in [3.8, 4) is 0 Å². The first kappa shape index (κ1) is 13.2. The quantitative estimate of drug-likeness (QED) is 0.829. The van der Waals surface area contributed by atoms with Gasteiger partial charge in [-0.25, -0.2) is 4.79 Å². The number of urea groups is 1. The number of hydrogen-bond donors (Lipinski definition) is 0. The van der Waals surface area contributed by atoms with Crippen LogP contribution in [0.2, 0.25) is 0 Å². The summed E-state index contributed by atoms with van der Waals surface area (Å²) in [6, 6.07) is 9.63. The van der Waals surface area contributed by atoms with Crippen molar-refractivity contribution in [2.24, 2.45) is 0 Å². The van der Waals surface area contributed by atoms with E-state index in [9.17, 15) is 9.59 Å². The fraction of sp³-hybridized carbons (Fsp3) is 0.500. The minimum Gasteiger partial charge on any atom is -0.294 e. The number of hydrogen-bond acceptors (Lipinski definition) is 2. The van der Waals surface area contributed by atoms with E-state index >= 15 is 0 Å². The predicted molar refractivity (Wildman–Crippen MR) is 77.5 cm³/mol. The Bertz CT molecular complexity index is 494. The molecule has 0 atom stereocenters. The molecule has 1 aromatic rings. The van der Waals surface area contributed by atoms with Crippen LogP contribution in [0.4, 0.5) is 10.5 Å². The van der Waals surface area contributed by atoms with Crippen molar-refractivity contribution in [2.75, 3.05) is 11.4 Å². The second kappa shape index (κ2) is 5.65. The highest BCUT2D eigenvalue weighted by Gasteiger charge is 2.36. The van der Waals surface area contributed by atoms with Crippen molar-refractivity contribution in [2.45, 2.75) is 44.6 Å². The van der Waals surface area contributed by atoms with Gasteiger partial charge in [0.25, 0.3) is 0 Å². The molecule has 3 amide bonds. The summed E-state index contributed by atoms with van der Waals surface area (Å²) in [4.78, 5) is 28.3. The van der Waals surface area contributed by atoms with Gasteiger partial charge in [-0.1, -0.05) is 31.0 Å². The Hall–Kier alpha value is -1.84. The third-order valence-corrected chi connectivity index (χ3v) is 4.24. The van der Waals surface area contributed by atoms with Gasteiger partial charge < -0.3 is 0 Å². The summed E-state index contributed by atoms with van der Waals surface area (Å²) in [6.45, 7) is 0.623. The van der Waals surface area contributed by atoms with E-state index in [1.165, 1.54) is 4.90 Å². The maximum absolute atomic E-state index is 12.8. The van der Waals surface area contributed by atoms with Crippen LogP contribution in [0.3, 0.4) is 0 Å². The van der Waals surface area contributed by atoms with Gasteiger partial charge in [-0.2, -0.15) is 0 Å². The lowest BCUT2D eigenvalue weighted by atomic mass is 10.2. The summed E-state index contributed by atoms with van der Waals surface area (Å²) in [5, 5.41) is 0. The molecular weight excluding hydrogens is 252 g/mol. The number of para-hydroxylation sites is 1. The van der Waals surface area contributed by atoms with Gasteiger partial charge in [0, 0.05) is 24.7 Å². The Morgan fingerprint density at radius 2 is 1.65 bits per heavy atom. The standard InChI is InChI=1S/C16H20N2O2/c19-15-11-6-12-17(13-7-2-1-3-8-13)16(20)18(15)14-9-4-5-10-14/h1-3,7-8,14H,4-6,9-12H2. The molecule has 4 nitrogen and oxygen atoms in total. The average molecular weight is 272 g/mol. The average Bonchev–Trinajstić information content (AvgIpc) is 2.93. The van der Waals surface area contributed by atoms with Crippen molar-refractivity contribution in [1.82, 2.24) is 4.90 Å². The third-order valence-electron chi connectivity index (χ3n) is 4.24. The van der Waals surface area contributed by atoms with Gasteiger partial charge in [0.05, 0.1) is 0 Å². The van der Waals surface area contributed by atoms with E-state index in [0.29, 0.717) is 13.0 Å². The fourth-order valence-electron chi connectivity index (χ4n) is 3.21. The number of carbonyl (C=O) groups excluding carboxylic acids is 2. The molecule has 0 aromatic heterocycles. The molecule has 0 bridgehead atoms. The molecule has 0 N–H and O–H groups in total. The molecule has 1 heterocycles. The monoisotopic (exact) mass is 272 g/mol. The number of amides is 3. The van der Waals surface area contributed by atoms with Crippen molar-refractivity contribution in [1.29, 1.82) is 0 Å². The summed E-state index contributed by atoms with van der Waals surface area (Å²) in [6.07, 6.45) is 5.37. The smallest absolute Gasteiger partial charge is 0.294 e. The van der Waals surface area contributed by atoms with Gasteiger partial charge in [-0.15, -0.1) is 0 Å². The molecule has 2 aliphatic rings. The Morgan fingerprint density at radius 1 is 0.950 bits per heavy atom. The zero-order valence-electron chi connectivity index (χ0n) is 11.6. The number of benzene rings is 1. The van der Waals surface area contributed by atoms with Crippen LogP contribution in [-0.4, -0.2) is 29.4 Å². The second-order valence-corrected chi connectivity index (χ2v) is 5.58. The molecule has 1 aliphatic heterocycles. The van der Waals surface area contributed by atoms with Gasteiger partial charge >= 0.3 is 6.03 Å². The SMILES string of the molecule is O=C1CCCN(c2ccccc2)C(=O)N1C1CCCC1. The summed E-state index contributed by atoms with van der Waals surface area (Å²) >= 11 is 0. The van der Waals surface area contributed by atoms with Gasteiger partial charge in [-0.05, 0) is 31.4 Å². The van der Waals surface area contributed by atoms with Crippen molar-refractivity contribution < 1.29 is 9.59 Å². The number of anilines is 1. The largest absolute Gasteiger partial charge is 0.331 e. The van der Waals surface area contributed by atoms with E-state index < -0.39 is 0 Å². The van der Waals surface area contributed by atoms with Crippen molar-refractivity contribution >= 4 is 17.6 Å². The van der Waals surface area contributed by atoms with Gasteiger partial charge in [0.1, 0.15) is 0 Å². The first-order chi connectivity index (χ1) is 9.77. The molecule has 0 unspecified atom stereocenters. The molecule has 1 saturated carbocycles. The highest BCUT2D eigenvalue weighted by atomic mass is 16.2. The molecule has 1 saturated heterocycles. The number of imide groups is 1. The van der Waals surface area contributed by atoms with E-state index in [4.69, 9.17) is 0 Å². The summed E-state index contributed by atoms with van der Waals surface area (Å²) in [5.74, 6) is 0.000307. The van der Waals surface area contributed by atoms with Crippen LogP contribution in [0.1, 0.15) is 38.5 Å². The number of nitrogens with zero attached hydrogens (tertiary/aromatic N) is 2. The van der Waals surface area contributed by atoms with Crippen LogP contribution in [0.25, 0.3) is 0 Å². The first-order valence-electron chi connectivity index (χ1n) is 7.46. The van der Waals surface area contributed by atoms with Gasteiger partial charge in [-0.3, -0.25) is 14.6 Å². The minimum absolute atomic E-state index is 0.000307. The molecule has 4 heteroatoms. The highest BCUT2D eigenvalue weighted by molar-refractivity contribution is 6.03. The Labute approximate surface area is 119 Å². The summed E-state index contributed by atoms with van der Waals surface area (Å²) < 4.78 is 0. The van der Waals surface area contributed by atoms with E-state index in [1.54, 1.807) is 4.90 Å². The van der Waals surface area contributed by atoms with Gasteiger partial charge in [0.2, 0.25) is 5.91 Å². The van der Waals surface area contributed by atoms with Crippen LogP contribution in [0.15, 0.2) is 30.3 Å². The zero-order chi connectivity index (χ0) is 13.9. The lowest BCUT2D eigenvalue weighted by Crippen LogP contribution is -2.48. The number of rotatable bonds is 2. The van der Waals surface area contributed by atoms with Crippen LogP contribution in [-0.2, 0) is 4.79 Å². The molecule has 2 fully saturated rings. The summed E-state index contributed by atoms with van der Waals surface area (Å²) in [5.41, 5.74) is 0.884. The van der Waals surface area contributed by atoms with E-state index in [-0.39, 0.29) is 18.0 Å². The van der Waals surface area contributed by atoms with Crippen LogP contribution in [0.5, 0.6) is 0 Å². The summed E-state index contributed by atoms with van der Waals surface area (Å²) in [7, 11) is 0. The first-order valence-corrected chi connectivity index (χ1v) is 7.46. The molecule has 0 spiro atoms. The molecule has 106 valence electrons. The Kier molecular flexibility index (Phi) is 3.72. The molecule has 1 aliphatic carbocycles. The highest BCUT2D eigenvalue weighted by Crippen LogP contribution is 2.28. The lowest BCUT2D eigenvalue weighted by Gasteiger charge is -2.30. The van der Waals surface area contributed by atoms with Crippen molar-refractivity contribution in [3.63, 3.8) is 0 Å². The van der Waals surface area contributed by atoms with Gasteiger partial charge in [0.15, 0.2) is 0 Å². The maximum Gasteiger partial charge on any atom is 0.331 e. The Balaban J connectivity index is 1.89. The van der Waals surface area contributed by atoms with Crippen LogP contribution < -0.4 is 4.90 Å². The Morgan fingerprint density at radius 3 is 2.35 bits per heavy atom. The van der Waals surface area contributed by atoms with Crippen molar-refractivity contribution in [3.05, 3.63) is 30.3 Å². The fourth-order valence-corrected chi connectivity index (χ4v) is 3.21. The van der Waals surface area contributed by atoms with E-state index in [0.717, 1.165) is 37.8 Å². The molecule has 0 radical (unpaired) electrons. The molecule has 1 aromatic carbocycles. The molecule has 3 rings (SSSR count).